The molecule has 0 spiro atoms. The minimum absolute atomic E-state index is 0.0447. The Hall–Kier alpha value is -2.69. The number of nitrogens with zero attached hydrogens (tertiary/aromatic N) is 1. The maximum atomic E-state index is 11.7. The number of hydrogen-bond acceptors (Lipinski definition) is 4. The van der Waals surface area contributed by atoms with Gasteiger partial charge in [0.25, 0.3) is 5.69 Å². The SMILES string of the molecule is O=C(OCCc1ccccc1[N+](=O)[O-])c1ccccc1. The summed E-state index contributed by atoms with van der Waals surface area (Å²) in [6, 6.07) is 15.1. The highest BCUT2D eigenvalue weighted by Gasteiger charge is 2.13. The second kappa shape index (κ2) is 6.47. The van der Waals surface area contributed by atoms with E-state index in [9.17, 15) is 14.9 Å². The maximum Gasteiger partial charge on any atom is 0.338 e. The van der Waals surface area contributed by atoms with E-state index < -0.39 is 10.9 Å². The van der Waals surface area contributed by atoms with Crippen molar-refractivity contribution in [1.29, 1.82) is 0 Å². The van der Waals surface area contributed by atoms with Crippen molar-refractivity contribution in [2.24, 2.45) is 0 Å². The van der Waals surface area contributed by atoms with Crippen LogP contribution in [0.3, 0.4) is 0 Å². The highest BCUT2D eigenvalue weighted by atomic mass is 16.6. The molecule has 0 N–H and O–H groups in total. The molecule has 0 bridgehead atoms. The molecule has 2 rings (SSSR count). The summed E-state index contributed by atoms with van der Waals surface area (Å²) >= 11 is 0. The third-order valence-corrected chi connectivity index (χ3v) is 2.80. The first-order valence-corrected chi connectivity index (χ1v) is 6.13. The van der Waals surface area contributed by atoms with Crippen LogP contribution in [0, 0.1) is 10.1 Å². The van der Waals surface area contributed by atoms with Crippen LogP contribution in [0.1, 0.15) is 15.9 Å². The first kappa shape index (κ1) is 13.7. The van der Waals surface area contributed by atoms with Gasteiger partial charge in [-0.1, -0.05) is 36.4 Å². The first-order chi connectivity index (χ1) is 9.68. The van der Waals surface area contributed by atoms with Crippen LogP contribution < -0.4 is 0 Å². The van der Waals surface area contributed by atoms with Crippen LogP contribution in [0.5, 0.6) is 0 Å². The summed E-state index contributed by atoms with van der Waals surface area (Å²) in [4.78, 5) is 22.1. The van der Waals surface area contributed by atoms with Crippen molar-refractivity contribution in [2.75, 3.05) is 6.61 Å². The number of carbonyl (C=O) groups is 1. The lowest BCUT2D eigenvalue weighted by Crippen LogP contribution is -2.08. The van der Waals surface area contributed by atoms with Crippen molar-refractivity contribution >= 4 is 11.7 Å². The Labute approximate surface area is 116 Å². The van der Waals surface area contributed by atoms with E-state index in [1.165, 1.54) is 6.07 Å². The Morgan fingerprint density at radius 1 is 1.05 bits per heavy atom. The van der Waals surface area contributed by atoms with Crippen molar-refractivity contribution in [2.45, 2.75) is 6.42 Å². The molecular formula is C15H13NO4. The smallest absolute Gasteiger partial charge is 0.338 e. The maximum absolute atomic E-state index is 11.7. The van der Waals surface area contributed by atoms with Gasteiger partial charge in [0, 0.05) is 18.1 Å². The predicted molar refractivity (Wildman–Crippen MR) is 73.5 cm³/mol. The molecule has 0 aliphatic heterocycles. The fourth-order valence-electron chi connectivity index (χ4n) is 1.81. The molecule has 0 aliphatic carbocycles. The summed E-state index contributed by atoms with van der Waals surface area (Å²) in [5.74, 6) is -0.427. The largest absolute Gasteiger partial charge is 0.462 e. The molecule has 0 aliphatic rings. The zero-order valence-corrected chi connectivity index (χ0v) is 10.7. The normalized spacial score (nSPS) is 10.0. The van der Waals surface area contributed by atoms with Gasteiger partial charge in [0.15, 0.2) is 0 Å². The van der Waals surface area contributed by atoms with Gasteiger partial charge in [0.05, 0.1) is 17.1 Å². The lowest BCUT2D eigenvalue weighted by Gasteiger charge is -2.05. The molecule has 0 fully saturated rings. The van der Waals surface area contributed by atoms with Gasteiger partial charge in [-0.15, -0.1) is 0 Å². The van der Waals surface area contributed by atoms with Gasteiger partial charge < -0.3 is 4.74 Å². The Kier molecular flexibility index (Phi) is 4.44. The second-order valence-corrected chi connectivity index (χ2v) is 4.14. The molecule has 102 valence electrons. The molecule has 0 aromatic heterocycles. The zero-order chi connectivity index (χ0) is 14.4. The minimum Gasteiger partial charge on any atom is -0.462 e. The first-order valence-electron chi connectivity index (χ1n) is 6.13. The zero-order valence-electron chi connectivity index (χ0n) is 10.7. The predicted octanol–water partition coefficient (Wildman–Crippen LogP) is 2.99. The Bertz CT molecular complexity index is 610. The minimum atomic E-state index is -0.436. The fraction of sp³-hybridized carbons (Fsp3) is 0.133. The van der Waals surface area contributed by atoms with Crippen LogP contribution in [-0.4, -0.2) is 17.5 Å². The lowest BCUT2D eigenvalue weighted by atomic mass is 10.1. The molecule has 0 saturated heterocycles. The number of esters is 1. The number of ether oxygens (including phenoxy) is 1. The lowest BCUT2D eigenvalue weighted by molar-refractivity contribution is -0.385. The van der Waals surface area contributed by atoms with Crippen LogP contribution in [0.2, 0.25) is 0 Å². The number of benzene rings is 2. The highest BCUT2D eigenvalue weighted by Crippen LogP contribution is 2.18. The average molecular weight is 271 g/mol. The van der Waals surface area contributed by atoms with Gasteiger partial charge in [0.1, 0.15) is 0 Å². The molecule has 0 atom stereocenters. The molecular weight excluding hydrogens is 258 g/mol. The average Bonchev–Trinajstić information content (AvgIpc) is 2.48. The third-order valence-electron chi connectivity index (χ3n) is 2.80. The number of carbonyl (C=O) groups excluding carboxylic acids is 1. The molecule has 2 aromatic carbocycles. The quantitative estimate of drug-likeness (QED) is 0.476. The second-order valence-electron chi connectivity index (χ2n) is 4.14. The van der Waals surface area contributed by atoms with Crippen LogP contribution in [-0.2, 0) is 11.2 Å². The van der Waals surface area contributed by atoms with Crippen molar-refractivity contribution in [3.63, 3.8) is 0 Å². The van der Waals surface area contributed by atoms with Crippen LogP contribution in [0.4, 0.5) is 5.69 Å². The highest BCUT2D eigenvalue weighted by molar-refractivity contribution is 5.89. The van der Waals surface area contributed by atoms with E-state index in [1.807, 2.05) is 6.07 Å². The van der Waals surface area contributed by atoms with E-state index in [0.717, 1.165) is 0 Å². The van der Waals surface area contributed by atoms with Gasteiger partial charge in [-0.25, -0.2) is 4.79 Å². The number of rotatable bonds is 5. The van der Waals surface area contributed by atoms with Gasteiger partial charge in [-0.3, -0.25) is 10.1 Å². The van der Waals surface area contributed by atoms with Gasteiger partial charge in [0.2, 0.25) is 0 Å². The number of hydrogen-bond donors (Lipinski definition) is 0. The molecule has 0 amide bonds. The summed E-state index contributed by atoms with van der Waals surface area (Å²) in [5.41, 5.74) is 1.07. The van der Waals surface area contributed by atoms with Crippen molar-refractivity contribution in [3.8, 4) is 0 Å². The standard InChI is InChI=1S/C15H13NO4/c17-15(13-7-2-1-3-8-13)20-11-10-12-6-4-5-9-14(12)16(18)19/h1-9H,10-11H2. The number of nitro groups is 1. The van der Waals surface area contributed by atoms with Crippen molar-refractivity contribution in [1.82, 2.24) is 0 Å². The van der Waals surface area contributed by atoms with Crippen molar-refractivity contribution in [3.05, 3.63) is 75.8 Å². The van der Waals surface area contributed by atoms with Crippen LogP contribution >= 0.6 is 0 Å². The molecule has 0 radical (unpaired) electrons. The molecule has 20 heavy (non-hydrogen) atoms. The van der Waals surface area contributed by atoms with E-state index in [-0.39, 0.29) is 12.3 Å². The summed E-state index contributed by atoms with van der Waals surface area (Å²) in [5, 5.41) is 10.8. The monoisotopic (exact) mass is 271 g/mol. The number of para-hydroxylation sites is 1. The van der Waals surface area contributed by atoms with E-state index >= 15 is 0 Å². The molecule has 2 aromatic rings. The molecule has 0 heterocycles. The molecule has 0 unspecified atom stereocenters. The molecule has 5 nitrogen and oxygen atoms in total. The van der Waals surface area contributed by atoms with E-state index in [0.29, 0.717) is 17.5 Å². The summed E-state index contributed by atoms with van der Waals surface area (Å²) in [6.07, 6.45) is 0.315. The van der Waals surface area contributed by atoms with E-state index in [1.54, 1.807) is 42.5 Å². The summed E-state index contributed by atoms with van der Waals surface area (Å²) in [7, 11) is 0. The Morgan fingerprint density at radius 3 is 2.40 bits per heavy atom. The Balaban J connectivity index is 1.94. The van der Waals surface area contributed by atoms with E-state index in [4.69, 9.17) is 4.74 Å². The molecule has 0 saturated carbocycles. The fourth-order valence-corrected chi connectivity index (χ4v) is 1.81. The summed E-state index contributed by atoms with van der Waals surface area (Å²) in [6.45, 7) is 0.110. The van der Waals surface area contributed by atoms with Crippen molar-refractivity contribution < 1.29 is 14.5 Å². The topological polar surface area (TPSA) is 69.4 Å². The van der Waals surface area contributed by atoms with Gasteiger partial charge >= 0.3 is 5.97 Å². The van der Waals surface area contributed by atoms with Crippen LogP contribution in [0.25, 0.3) is 0 Å². The van der Waals surface area contributed by atoms with Gasteiger partial charge in [-0.05, 0) is 12.1 Å². The third kappa shape index (κ3) is 3.41. The van der Waals surface area contributed by atoms with Crippen LogP contribution in [0.15, 0.2) is 54.6 Å². The number of nitro benzene ring substituents is 1. The van der Waals surface area contributed by atoms with E-state index in [2.05, 4.69) is 0 Å². The van der Waals surface area contributed by atoms with Gasteiger partial charge in [-0.2, -0.15) is 0 Å². The summed E-state index contributed by atoms with van der Waals surface area (Å²) < 4.78 is 5.11. The Morgan fingerprint density at radius 2 is 1.70 bits per heavy atom. The molecule has 5 heteroatoms.